The highest BCUT2D eigenvalue weighted by Crippen LogP contribution is 2.25. The van der Waals surface area contributed by atoms with Crippen LogP contribution >= 0.6 is 0 Å². The Hall–Kier alpha value is -3.23. The Balaban J connectivity index is 2.18. The van der Waals surface area contributed by atoms with Gasteiger partial charge in [-0.05, 0) is 65.3 Å². The van der Waals surface area contributed by atoms with Crippen LogP contribution < -0.4 is 10.1 Å². The molecule has 0 spiro atoms. The number of rotatable bonds is 5. The van der Waals surface area contributed by atoms with Gasteiger partial charge in [-0.25, -0.2) is 14.4 Å². The van der Waals surface area contributed by atoms with Crippen LogP contribution in [0.5, 0.6) is 5.75 Å². The van der Waals surface area contributed by atoms with Gasteiger partial charge in [0.25, 0.3) is 0 Å². The Morgan fingerprint density at radius 2 is 1.70 bits per heavy atom. The lowest BCUT2D eigenvalue weighted by molar-refractivity contribution is -0.139. The van der Waals surface area contributed by atoms with Crippen LogP contribution in [-0.2, 0) is 20.7 Å². The molecule has 1 atom stereocenters. The Morgan fingerprint density at radius 3 is 2.27 bits per heavy atom. The minimum atomic E-state index is -1.20. The number of fused-ring (bicyclic) bond motifs is 1. The lowest BCUT2D eigenvalue weighted by atomic mass is 10.0. The zero-order chi connectivity index (χ0) is 22.7. The van der Waals surface area contributed by atoms with E-state index in [4.69, 9.17) is 14.2 Å². The largest absolute Gasteiger partial charge is 0.514 e. The van der Waals surface area contributed by atoms with Gasteiger partial charge in [0.1, 0.15) is 23.0 Å². The maximum Gasteiger partial charge on any atom is 0.514 e. The van der Waals surface area contributed by atoms with Crippen LogP contribution in [-0.4, -0.2) is 45.6 Å². The van der Waals surface area contributed by atoms with Gasteiger partial charge < -0.3 is 29.6 Å². The third-order valence-corrected chi connectivity index (χ3v) is 3.74. The predicted octanol–water partition coefficient (Wildman–Crippen LogP) is 4.00. The lowest BCUT2D eigenvalue weighted by Gasteiger charge is -2.22. The molecular weight excluding hydrogens is 392 g/mol. The van der Waals surface area contributed by atoms with E-state index in [1.54, 1.807) is 65.9 Å². The molecule has 9 heteroatoms. The highest BCUT2D eigenvalue weighted by molar-refractivity contribution is 5.87. The summed E-state index contributed by atoms with van der Waals surface area (Å²) in [6.07, 6.45) is -0.00309. The SMILES string of the molecule is CC(C)(C)OC(=O)N[C@@H](Cc1c[nH]c2ccc(OC(=O)OC(C)(C)C)cc12)C(=O)O. The molecule has 0 radical (unpaired) electrons. The van der Waals surface area contributed by atoms with Gasteiger partial charge in [-0.1, -0.05) is 0 Å². The molecule has 0 aliphatic carbocycles. The van der Waals surface area contributed by atoms with E-state index in [1.807, 2.05) is 0 Å². The van der Waals surface area contributed by atoms with Crippen molar-refractivity contribution in [3.63, 3.8) is 0 Å². The molecule has 1 aromatic carbocycles. The van der Waals surface area contributed by atoms with Crippen molar-refractivity contribution in [2.45, 2.75) is 65.2 Å². The molecule has 0 bridgehead atoms. The number of alkyl carbamates (subject to hydrolysis) is 1. The highest BCUT2D eigenvalue weighted by atomic mass is 16.7. The number of hydrogen-bond donors (Lipinski definition) is 3. The van der Waals surface area contributed by atoms with E-state index >= 15 is 0 Å². The molecule has 0 saturated heterocycles. The first kappa shape index (κ1) is 23.1. The second kappa shape index (κ2) is 8.64. The molecule has 9 nitrogen and oxygen atoms in total. The molecule has 1 aromatic heterocycles. The van der Waals surface area contributed by atoms with E-state index in [0.29, 0.717) is 10.9 Å². The fourth-order valence-electron chi connectivity index (χ4n) is 2.63. The van der Waals surface area contributed by atoms with Crippen molar-refractivity contribution in [1.82, 2.24) is 10.3 Å². The van der Waals surface area contributed by atoms with Gasteiger partial charge >= 0.3 is 18.2 Å². The maximum atomic E-state index is 12.0. The molecule has 0 aliphatic heterocycles. The minimum absolute atomic E-state index is 0.00443. The molecule has 2 rings (SSSR count). The van der Waals surface area contributed by atoms with Crippen LogP contribution in [0.2, 0.25) is 0 Å². The van der Waals surface area contributed by atoms with Crippen molar-refractivity contribution in [1.29, 1.82) is 0 Å². The zero-order valence-electron chi connectivity index (χ0n) is 18.0. The quantitative estimate of drug-likeness (QED) is 0.493. The van der Waals surface area contributed by atoms with Crippen molar-refractivity contribution in [2.24, 2.45) is 0 Å². The Bertz CT molecular complexity index is 935. The van der Waals surface area contributed by atoms with Gasteiger partial charge in [-0.2, -0.15) is 0 Å². The number of ether oxygens (including phenoxy) is 3. The standard InChI is InChI=1S/C21H28N2O7/c1-20(2,3)29-18(26)23-16(17(24)25)9-12-11-22-15-8-7-13(10-14(12)15)28-19(27)30-21(4,5)6/h7-8,10-11,16,22H,9H2,1-6H3,(H,23,26)(H,24,25)/t16-/m0/s1. The average Bonchev–Trinajstić information content (AvgIpc) is 2.93. The predicted molar refractivity (Wildman–Crippen MR) is 110 cm³/mol. The number of benzene rings is 1. The summed E-state index contributed by atoms with van der Waals surface area (Å²) in [5, 5.41) is 12.5. The fraction of sp³-hybridized carbons (Fsp3) is 0.476. The third kappa shape index (κ3) is 6.98. The molecule has 164 valence electrons. The van der Waals surface area contributed by atoms with Gasteiger partial charge in [-0.3, -0.25) is 0 Å². The first-order valence-corrected chi connectivity index (χ1v) is 9.47. The van der Waals surface area contributed by atoms with Crippen LogP contribution in [0.3, 0.4) is 0 Å². The van der Waals surface area contributed by atoms with Crippen LogP contribution in [0.15, 0.2) is 24.4 Å². The Kier molecular flexibility index (Phi) is 6.64. The Morgan fingerprint density at radius 1 is 1.07 bits per heavy atom. The number of carboxylic acid groups (broad SMARTS) is 1. The number of carboxylic acids is 1. The third-order valence-electron chi connectivity index (χ3n) is 3.74. The average molecular weight is 420 g/mol. The van der Waals surface area contributed by atoms with E-state index in [0.717, 1.165) is 5.52 Å². The van der Waals surface area contributed by atoms with E-state index in [2.05, 4.69) is 10.3 Å². The number of carbonyl (C=O) groups excluding carboxylic acids is 2. The number of aromatic amines is 1. The lowest BCUT2D eigenvalue weighted by Crippen LogP contribution is -2.44. The fourth-order valence-corrected chi connectivity index (χ4v) is 2.63. The molecule has 0 saturated carbocycles. The molecule has 3 N–H and O–H groups in total. The summed E-state index contributed by atoms with van der Waals surface area (Å²) in [7, 11) is 0. The molecule has 30 heavy (non-hydrogen) atoms. The van der Waals surface area contributed by atoms with Gasteiger partial charge in [0.2, 0.25) is 0 Å². The number of nitrogens with one attached hydrogen (secondary N) is 2. The van der Waals surface area contributed by atoms with Crippen molar-refractivity contribution in [3.05, 3.63) is 30.0 Å². The van der Waals surface area contributed by atoms with Gasteiger partial charge in [0.05, 0.1) is 0 Å². The van der Waals surface area contributed by atoms with Gasteiger partial charge in [0.15, 0.2) is 0 Å². The van der Waals surface area contributed by atoms with Crippen molar-refractivity contribution in [2.75, 3.05) is 0 Å². The summed E-state index contributed by atoms with van der Waals surface area (Å²) >= 11 is 0. The van der Waals surface area contributed by atoms with Crippen LogP contribution in [0.1, 0.15) is 47.1 Å². The van der Waals surface area contributed by atoms with Crippen molar-refractivity contribution < 1.29 is 33.7 Å². The molecule has 0 unspecified atom stereocenters. The normalized spacial score (nSPS) is 12.9. The number of H-pyrrole nitrogens is 1. The van der Waals surface area contributed by atoms with Crippen LogP contribution in [0.4, 0.5) is 9.59 Å². The van der Waals surface area contributed by atoms with E-state index < -0.39 is 35.5 Å². The summed E-state index contributed by atoms with van der Waals surface area (Å²) in [5.41, 5.74) is -0.0874. The number of aliphatic carboxylic acids is 1. The molecule has 0 aliphatic rings. The van der Waals surface area contributed by atoms with Gasteiger partial charge in [-0.15, -0.1) is 0 Å². The van der Waals surface area contributed by atoms with Crippen molar-refractivity contribution in [3.8, 4) is 5.75 Å². The summed E-state index contributed by atoms with van der Waals surface area (Å²) in [4.78, 5) is 38.6. The van der Waals surface area contributed by atoms with Crippen LogP contribution in [0, 0.1) is 0 Å². The topological polar surface area (TPSA) is 127 Å². The number of aromatic nitrogens is 1. The molecule has 0 fully saturated rings. The number of carbonyl (C=O) groups is 3. The smallest absolute Gasteiger partial charge is 0.480 e. The maximum absolute atomic E-state index is 12.0. The molecule has 1 heterocycles. The monoisotopic (exact) mass is 420 g/mol. The first-order chi connectivity index (χ1) is 13.7. The van der Waals surface area contributed by atoms with E-state index in [-0.39, 0.29) is 12.2 Å². The van der Waals surface area contributed by atoms with Crippen LogP contribution in [0.25, 0.3) is 10.9 Å². The summed E-state index contributed by atoms with van der Waals surface area (Å²) < 4.78 is 15.5. The second-order valence-electron chi connectivity index (χ2n) is 8.83. The number of amides is 1. The number of hydrogen-bond acceptors (Lipinski definition) is 6. The van der Waals surface area contributed by atoms with E-state index in [1.165, 1.54) is 0 Å². The Labute approximate surface area is 174 Å². The highest BCUT2D eigenvalue weighted by Gasteiger charge is 2.25. The first-order valence-electron chi connectivity index (χ1n) is 9.47. The molecule has 2 aromatic rings. The van der Waals surface area contributed by atoms with Gasteiger partial charge in [0, 0.05) is 23.5 Å². The zero-order valence-corrected chi connectivity index (χ0v) is 18.0. The molecule has 1 amide bonds. The summed E-state index contributed by atoms with van der Waals surface area (Å²) in [6, 6.07) is 3.71. The van der Waals surface area contributed by atoms with E-state index in [9.17, 15) is 19.5 Å². The summed E-state index contributed by atoms with van der Waals surface area (Å²) in [5.74, 6) is -0.944. The molecular formula is C21H28N2O7. The summed E-state index contributed by atoms with van der Waals surface area (Å²) in [6.45, 7) is 10.2. The second-order valence-corrected chi connectivity index (χ2v) is 8.83. The van der Waals surface area contributed by atoms with Crippen molar-refractivity contribution >= 4 is 29.1 Å². The minimum Gasteiger partial charge on any atom is -0.480 e.